The number of anilines is 1. The highest BCUT2D eigenvalue weighted by molar-refractivity contribution is 6.30. The third-order valence-corrected chi connectivity index (χ3v) is 4.67. The lowest BCUT2D eigenvalue weighted by Gasteiger charge is -2.11. The van der Waals surface area contributed by atoms with Gasteiger partial charge < -0.3 is 24.5 Å². The second kappa shape index (κ2) is 13.5. The van der Waals surface area contributed by atoms with Crippen molar-refractivity contribution in [2.24, 2.45) is 0 Å². The number of halogens is 1. The fraction of sp³-hybridized carbons (Fsp3) is 0.320. The number of carbonyl (C=O) groups is 1. The zero-order valence-electron chi connectivity index (χ0n) is 19.0. The molecule has 1 heterocycles. The maximum Gasteiger partial charge on any atom is 0.291 e. The van der Waals surface area contributed by atoms with Crippen molar-refractivity contribution in [2.75, 3.05) is 32.6 Å². The van der Waals surface area contributed by atoms with Gasteiger partial charge in [0.1, 0.15) is 17.3 Å². The second-order valence-electron chi connectivity index (χ2n) is 6.68. The van der Waals surface area contributed by atoms with E-state index in [1.165, 1.54) is 0 Å². The summed E-state index contributed by atoms with van der Waals surface area (Å²) in [5.41, 5.74) is 1.41. The number of methoxy groups -OCH3 is 1. The first kappa shape index (κ1) is 25.3. The first-order valence-corrected chi connectivity index (χ1v) is 11.1. The van der Waals surface area contributed by atoms with Crippen molar-refractivity contribution in [3.8, 4) is 22.8 Å². The van der Waals surface area contributed by atoms with Gasteiger partial charge >= 0.3 is 0 Å². The van der Waals surface area contributed by atoms with E-state index in [-0.39, 0.29) is 11.7 Å². The van der Waals surface area contributed by atoms with Gasteiger partial charge in [0.2, 0.25) is 0 Å². The zero-order valence-corrected chi connectivity index (χ0v) is 19.8. The van der Waals surface area contributed by atoms with Gasteiger partial charge in [0.15, 0.2) is 5.76 Å². The summed E-state index contributed by atoms with van der Waals surface area (Å²) in [5.74, 6) is 1.67. The van der Waals surface area contributed by atoms with Crippen molar-refractivity contribution < 1.29 is 18.7 Å². The van der Waals surface area contributed by atoms with E-state index in [1.807, 2.05) is 33.0 Å². The molecular weight excluding hydrogens is 428 g/mol. The number of unbranched alkanes of at least 4 members (excludes halogenated alkanes) is 1. The van der Waals surface area contributed by atoms with Gasteiger partial charge in [0, 0.05) is 34.5 Å². The Morgan fingerprint density at radius 1 is 1.00 bits per heavy atom. The summed E-state index contributed by atoms with van der Waals surface area (Å²) < 4.78 is 16.8. The molecule has 0 saturated heterocycles. The van der Waals surface area contributed by atoms with Crippen LogP contribution in [0.15, 0.2) is 59.0 Å². The lowest BCUT2D eigenvalue weighted by Crippen LogP contribution is -2.11. The van der Waals surface area contributed by atoms with E-state index in [2.05, 4.69) is 10.6 Å². The monoisotopic (exact) mass is 458 g/mol. The zero-order chi connectivity index (χ0) is 23.3. The van der Waals surface area contributed by atoms with Crippen LogP contribution in [0.25, 0.3) is 11.3 Å². The summed E-state index contributed by atoms with van der Waals surface area (Å²) >= 11 is 5.92. The van der Waals surface area contributed by atoms with Crippen molar-refractivity contribution >= 4 is 23.2 Å². The smallest absolute Gasteiger partial charge is 0.291 e. The lowest BCUT2D eigenvalue weighted by molar-refractivity contribution is 0.0997. The number of rotatable bonds is 10. The molecule has 0 fully saturated rings. The van der Waals surface area contributed by atoms with Gasteiger partial charge in [0.05, 0.1) is 13.7 Å². The van der Waals surface area contributed by atoms with Gasteiger partial charge in [-0.2, -0.15) is 0 Å². The molecule has 3 aromatic rings. The Kier molecular flexibility index (Phi) is 10.6. The highest BCUT2D eigenvalue weighted by Gasteiger charge is 2.14. The molecule has 2 aromatic carbocycles. The Morgan fingerprint density at radius 2 is 1.72 bits per heavy atom. The predicted octanol–water partition coefficient (Wildman–Crippen LogP) is 6.27. The predicted molar refractivity (Wildman–Crippen MR) is 130 cm³/mol. The van der Waals surface area contributed by atoms with Gasteiger partial charge in [-0.3, -0.25) is 4.79 Å². The van der Waals surface area contributed by atoms with Gasteiger partial charge in [-0.05, 0) is 62.8 Å². The molecule has 0 aliphatic rings. The number of hydrogen-bond donors (Lipinski definition) is 2. The van der Waals surface area contributed by atoms with Crippen LogP contribution >= 0.6 is 11.6 Å². The first-order chi connectivity index (χ1) is 15.6. The quantitative estimate of drug-likeness (QED) is 0.350. The topological polar surface area (TPSA) is 72.7 Å². The fourth-order valence-electron chi connectivity index (χ4n) is 2.86. The van der Waals surface area contributed by atoms with E-state index in [0.29, 0.717) is 34.6 Å². The van der Waals surface area contributed by atoms with Crippen molar-refractivity contribution in [1.82, 2.24) is 5.32 Å². The summed E-state index contributed by atoms with van der Waals surface area (Å²) in [7, 11) is 3.50. The number of nitrogens with one attached hydrogen (secondary N) is 2. The number of hydrogen-bond acceptors (Lipinski definition) is 5. The maximum absolute atomic E-state index is 12.6. The van der Waals surface area contributed by atoms with E-state index in [0.717, 1.165) is 24.9 Å². The molecule has 7 heteroatoms. The van der Waals surface area contributed by atoms with Crippen molar-refractivity contribution in [1.29, 1.82) is 0 Å². The summed E-state index contributed by atoms with van der Waals surface area (Å²) in [4.78, 5) is 12.6. The Hall–Kier alpha value is -2.96. The number of benzene rings is 2. The SMILES string of the molecule is CC.CNCCCCOc1cc(NC(=O)c2ccc(-c3ccc(Cl)cc3)o2)cc(OC)c1. The van der Waals surface area contributed by atoms with Crippen LogP contribution in [0.1, 0.15) is 37.2 Å². The third kappa shape index (κ3) is 7.62. The van der Waals surface area contributed by atoms with Crippen molar-refractivity contribution in [2.45, 2.75) is 26.7 Å². The van der Waals surface area contributed by atoms with Crippen LogP contribution in [0, 0.1) is 0 Å². The highest BCUT2D eigenvalue weighted by Crippen LogP contribution is 2.28. The largest absolute Gasteiger partial charge is 0.497 e. The molecule has 1 aromatic heterocycles. The standard InChI is InChI=1S/C23H25ClN2O4.C2H6/c1-25-11-3-4-12-29-20-14-18(13-19(15-20)28-2)26-23(27)22-10-9-21(30-22)16-5-7-17(24)8-6-16;1-2/h5-10,13-15,25H,3-4,11-12H2,1-2H3,(H,26,27);1-2H3. The van der Waals surface area contributed by atoms with Crippen LogP contribution in [0.2, 0.25) is 5.02 Å². The van der Waals surface area contributed by atoms with E-state index in [9.17, 15) is 4.79 Å². The van der Waals surface area contributed by atoms with E-state index in [4.69, 9.17) is 25.5 Å². The van der Waals surface area contributed by atoms with E-state index < -0.39 is 0 Å². The van der Waals surface area contributed by atoms with Crippen LogP contribution in [0.3, 0.4) is 0 Å². The maximum atomic E-state index is 12.6. The van der Waals surface area contributed by atoms with Crippen LogP contribution < -0.4 is 20.1 Å². The number of amides is 1. The Labute approximate surface area is 194 Å². The number of ether oxygens (including phenoxy) is 2. The van der Waals surface area contributed by atoms with Crippen LogP contribution in [0.4, 0.5) is 5.69 Å². The molecule has 0 aliphatic carbocycles. The van der Waals surface area contributed by atoms with Gasteiger partial charge in [-0.15, -0.1) is 0 Å². The Balaban J connectivity index is 0.00000176. The molecular formula is C25H31ClN2O4. The molecule has 0 bridgehead atoms. The normalized spacial score (nSPS) is 10.2. The fourth-order valence-corrected chi connectivity index (χ4v) is 2.99. The van der Waals surface area contributed by atoms with Crippen LogP contribution in [-0.2, 0) is 0 Å². The van der Waals surface area contributed by atoms with E-state index >= 15 is 0 Å². The molecule has 0 unspecified atom stereocenters. The van der Waals surface area contributed by atoms with Gasteiger partial charge in [-0.1, -0.05) is 25.4 Å². The summed E-state index contributed by atoms with van der Waals surface area (Å²) in [6.07, 6.45) is 1.96. The molecule has 3 rings (SSSR count). The molecule has 0 spiro atoms. The molecule has 1 amide bonds. The molecule has 0 aliphatic heterocycles. The van der Waals surface area contributed by atoms with E-state index in [1.54, 1.807) is 49.6 Å². The average molecular weight is 459 g/mol. The third-order valence-electron chi connectivity index (χ3n) is 4.42. The summed E-state index contributed by atoms with van der Waals surface area (Å²) in [5, 5.41) is 6.58. The minimum absolute atomic E-state index is 0.206. The van der Waals surface area contributed by atoms with Crippen LogP contribution in [0.5, 0.6) is 11.5 Å². The van der Waals surface area contributed by atoms with Crippen molar-refractivity contribution in [3.05, 3.63) is 65.4 Å². The summed E-state index contributed by atoms with van der Waals surface area (Å²) in [6.45, 7) is 5.54. The average Bonchev–Trinajstić information content (AvgIpc) is 3.31. The Bertz CT molecular complexity index is 970. The highest BCUT2D eigenvalue weighted by atomic mass is 35.5. The molecule has 0 radical (unpaired) electrons. The summed E-state index contributed by atoms with van der Waals surface area (Å²) in [6, 6.07) is 15.9. The number of carbonyl (C=O) groups excluding carboxylic acids is 1. The van der Waals surface area contributed by atoms with Gasteiger partial charge in [0.25, 0.3) is 5.91 Å². The molecule has 2 N–H and O–H groups in total. The molecule has 0 atom stereocenters. The first-order valence-electron chi connectivity index (χ1n) is 10.7. The number of furan rings is 1. The van der Waals surface area contributed by atoms with Gasteiger partial charge in [-0.25, -0.2) is 0 Å². The Morgan fingerprint density at radius 3 is 2.41 bits per heavy atom. The van der Waals surface area contributed by atoms with Crippen molar-refractivity contribution in [3.63, 3.8) is 0 Å². The second-order valence-corrected chi connectivity index (χ2v) is 7.12. The minimum Gasteiger partial charge on any atom is -0.497 e. The lowest BCUT2D eigenvalue weighted by atomic mass is 10.2. The molecule has 6 nitrogen and oxygen atoms in total. The molecule has 32 heavy (non-hydrogen) atoms. The minimum atomic E-state index is -0.358. The molecule has 172 valence electrons. The van der Waals surface area contributed by atoms with Crippen LogP contribution in [-0.4, -0.2) is 33.2 Å². The molecule has 0 saturated carbocycles.